The first kappa shape index (κ1) is 16.3. The van der Waals surface area contributed by atoms with Crippen LogP contribution in [0.4, 0.5) is 5.82 Å². The van der Waals surface area contributed by atoms with Crippen LogP contribution < -0.4 is 16.2 Å². The Morgan fingerprint density at radius 1 is 1.32 bits per heavy atom. The highest BCUT2D eigenvalue weighted by molar-refractivity contribution is 5.81. The van der Waals surface area contributed by atoms with Crippen LogP contribution in [0.25, 0.3) is 21.6 Å². The summed E-state index contributed by atoms with van der Waals surface area (Å²) in [4.78, 5) is 25.9. The van der Waals surface area contributed by atoms with E-state index in [0.717, 1.165) is 5.56 Å². The Kier molecular flexibility index (Phi) is 4.82. The Balaban J connectivity index is 1.88. The molecular weight excluding hydrogens is 324 g/mol. The Morgan fingerprint density at radius 3 is 2.88 bits per heavy atom. The topological polar surface area (TPSA) is 148 Å². The average Bonchev–Trinajstić information content (AvgIpc) is 2.92. The number of aromatic amines is 1. The van der Waals surface area contributed by atoms with Crippen molar-refractivity contribution in [3.63, 3.8) is 0 Å². The lowest BCUT2D eigenvalue weighted by molar-refractivity contribution is 0.290. The van der Waals surface area contributed by atoms with Crippen molar-refractivity contribution in [3.05, 3.63) is 56.8 Å². The Bertz CT molecular complexity index is 972. The van der Waals surface area contributed by atoms with Crippen molar-refractivity contribution < 1.29 is 4.74 Å². The maximum absolute atomic E-state index is 12.2. The number of rotatable bonds is 7. The molecule has 3 rings (SSSR count). The van der Waals surface area contributed by atoms with Crippen molar-refractivity contribution in [2.24, 2.45) is 5.11 Å². The number of anilines is 1. The van der Waals surface area contributed by atoms with Crippen molar-refractivity contribution in [2.75, 3.05) is 18.9 Å². The lowest BCUT2D eigenvalue weighted by Gasteiger charge is -2.06. The number of H-pyrrole nitrogens is 1. The van der Waals surface area contributed by atoms with Crippen LogP contribution in [-0.2, 0) is 6.54 Å². The molecule has 0 aliphatic carbocycles. The largest absolute Gasteiger partial charge is 0.463 e. The van der Waals surface area contributed by atoms with E-state index in [9.17, 15) is 4.79 Å². The predicted molar refractivity (Wildman–Crippen MR) is 92.2 cm³/mol. The van der Waals surface area contributed by atoms with Gasteiger partial charge in [0.2, 0.25) is 0 Å². The summed E-state index contributed by atoms with van der Waals surface area (Å²) in [6, 6.07) is 9.62. The highest BCUT2D eigenvalue weighted by Gasteiger charge is 2.14. The standard InChI is InChI=1S/C15H16N8O2/c16-12-11-13(21-14(20-12)25-8-4-7-18-22-17)23(15(24)19-11)9-10-5-2-1-3-6-10/h1-3,5-6H,4,7-9H2,(H,19,24)(H2,16,20,21). The first-order valence-corrected chi connectivity index (χ1v) is 7.62. The van der Waals surface area contributed by atoms with Gasteiger partial charge in [0.1, 0.15) is 5.52 Å². The van der Waals surface area contributed by atoms with Crippen LogP contribution in [0, 0.1) is 0 Å². The summed E-state index contributed by atoms with van der Waals surface area (Å²) < 4.78 is 6.92. The van der Waals surface area contributed by atoms with E-state index in [1.807, 2.05) is 30.3 Å². The van der Waals surface area contributed by atoms with Crippen LogP contribution >= 0.6 is 0 Å². The summed E-state index contributed by atoms with van der Waals surface area (Å²) >= 11 is 0. The zero-order valence-electron chi connectivity index (χ0n) is 13.3. The van der Waals surface area contributed by atoms with Gasteiger partial charge in [-0.3, -0.25) is 4.57 Å². The van der Waals surface area contributed by atoms with Crippen LogP contribution in [0.5, 0.6) is 6.01 Å². The summed E-state index contributed by atoms with van der Waals surface area (Å²) in [6.45, 7) is 0.945. The van der Waals surface area contributed by atoms with E-state index in [1.165, 1.54) is 4.57 Å². The number of nitrogens with zero attached hydrogens (tertiary/aromatic N) is 6. The second kappa shape index (κ2) is 7.37. The Hall–Kier alpha value is -3.52. The second-order valence-corrected chi connectivity index (χ2v) is 5.25. The first-order valence-electron chi connectivity index (χ1n) is 7.62. The van der Waals surface area contributed by atoms with Gasteiger partial charge in [-0.2, -0.15) is 9.97 Å². The Morgan fingerprint density at radius 2 is 2.12 bits per heavy atom. The lowest BCUT2D eigenvalue weighted by Crippen LogP contribution is -2.17. The van der Waals surface area contributed by atoms with Crippen LogP contribution in [0.3, 0.4) is 0 Å². The van der Waals surface area contributed by atoms with Gasteiger partial charge in [-0.15, -0.1) is 0 Å². The van der Waals surface area contributed by atoms with Gasteiger partial charge in [0.05, 0.1) is 13.2 Å². The van der Waals surface area contributed by atoms with E-state index in [1.54, 1.807) is 0 Å². The van der Waals surface area contributed by atoms with E-state index in [2.05, 4.69) is 25.0 Å². The van der Waals surface area contributed by atoms with Gasteiger partial charge in [-0.25, -0.2) is 4.79 Å². The van der Waals surface area contributed by atoms with Gasteiger partial charge in [0.15, 0.2) is 11.5 Å². The number of azide groups is 1. The Labute approximate surface area is 141 Å². The minimum absolute atomic E-state index is 0.0757. The minimum atomic E-state index is -0.319. The number of hydrogen-bond acceptors (Lipinski definition) is 6. The molecule has 0 unspecified atom stereocenters. The summed E-state index contributed by atoms with van der Waals surface area (Å²) in [5.74, 6) is 0.138. The molecule has 10 nitrogen and oxygen atoms in total. The molecule has 128 valence electrons. The second-order valence-electron chi connectivity index (χ2n) is 5.25. The minimum Gasteiger partial charge on any atom is -0.463 e. The third-order valence-corrected chi connectivity index (χ3v) is 3.51. The van der Waals surface area contributed by atoms with Gasteiger partial charge in [0, 0.05) is 11.5 Å². The molecule has 0 radical (unpaired) electrons. The van der Waals surface area contributed by atoms with E-state index in [0.29, 0.717) is 30.7 Å². The molecule has 0 bridgehead atoms. The maximum Gasteiger partial charge on any atom is 0.328 e. The van der Waals surface area contributed by atoms with Gasteiger partial charge >= 0.3 is 11.7 Å². The number of ether oxygens (including phenoxy) is 1. The van der Waals surface area contributed by atoms with Crippen molar-refractivity contribution in [2.45, 2.75) is 13.0 Å². The number of hydrogen-bond donors (Lipinski definition) is 2. The molecule has 0 spiro atoms. The molecule has 0 fully saturated rings. The molecule has 3 aromatic rings. The van der Waals surface area contributed by atoms with Gasteiger partial charge in [-0.1, -0.05) is 35.4 Å². The fourth-order valence-corrected chi connectivity index (χ4v) is 2.35. The molecule has 2 heterocycles. The fraction of sp³-hybridized carbons (Fsp3) is 0.267. The average molecular weight is 340 g/mol. The molecule has 0 atom stereocenters. The molecule has 0 amide bonds. The van der Waals surface area contributed by atoms with E-state index in [-0.39, 0.29) is 24.1 Å². The molecule has 1 aromatic carbocycles. The van der Waals surface area contributed by atoms with Gasteiger partial charge in [-0.05, 0) is 17.5 Å². The monoisotopic (exact) mass is 340 g/mol. The van der Waals surface area contributed by atoms with Crippen LogP contribution in [0.15, 0.2) is 40.2 Å². The van der Waals surface area contributed by atoms with Crippen LogP contribution in [0.2, 0.25) is 0 Å². The predicted octanol–water partition coefficient (Wildman–Crippen LogP) is 1.83. The third kappa shape index (κ3) is 3.70. The maximum atomic E-state index is 12.2. The summed E-state index contributed by atoms with van der Waals surface area (Å²) in [6.07, 6.45) is 0.523. The molecule has 0 aliphatic rings. The zero-order valence-corrected chi connectivity index (χ0v) is 13.3. The van der Waals surface area contributed by atoms with E-state index >= 15 is 0 Å². The van der Waals surface area contributed by atoms with Gasteiger partial charge in [0.25, 0.3) is 0 Å². The normalized spacial score (nSPS) is 10.6. The van der Waals surface area contributed by atoms with Crippen LogP contribution in [-0.4, -0.2) is 32.7 Å². The quantitative estimate of drug-likeness (QED) is 0.291. The third-order valence-electron chi connectivity index (χ3n) is 3.51. The van der Waals surface area contributed by atoms with E-state index in [4.69, 9.17) is 16.0 Å². The molecule has 3 N–H and O–H groups in total. The lowest BCUT2D eigenvalue weighted by atomic mass is 10.2. The van der Waals surface area contributed by atoms with Crippen molar-refractivity contribution >= 4 is 17.0 Å². The van der Waals surface area contributed by atoms with E-state index < -0.39 is 0 Å². The van der Waals surface area contributed by atoms with Crippen molar-refractivity contribution in [1.82, 2.24) is 19.5 Å². The number of imidazole rings is 1. The number of aromatic nitrogens is 4. The number of nitrogen functional groups attached to an aromatic ring is 1. The highest BCUT2D eigenvalue weighted by Crippen LogP contribution is 2.18. The van der Waals surface area contributed by atoms with Crippen molar-refractivity contribution in [1.29, 1.82) is 0 Å². The SMILES string of the molecule is [N-]=[N+]=NCCCOc1nc(N)c2[nH]c(=O)n(Cc3ccccc3)c2n1. The number of nitrogens with one attached hydrogen (secondary N) is 1. The molecule has 10 heteroatoms. The number of benzene rings is 1. The zero-order chi connectivity index (χ0) is 17.6. The molecular formula is C15H16N8O2. The molecule has 0 saturated heterocycles. The molecule has 0 aliphatic heterocycles. The summed E-state index contributed by atoms with van der Waals surface area (Å²) in [5.41, 5.74) is 15.5. The fourth-order valence-electron chi connectivity index (χ4n) is 2.35. The van der Waals surface area contributed by atoms with Crippen LogP contribution in [0.1, 0.15) is 12.0 Å². The number of fused-ring (bicyclic) bond motifs is 1. The highest BCUT2D eigenvalue weighted by atomic mass is 16.5. The first-order chi connectivity index (χ1) is 12.2. The number of nitrogens with two attached hydrogens (primary N) is 1. The molecule has 25 heavy (non-hydrogen) atoms. The summed E-state index contributed by atoms with van der Waals surface area (Å²) in [7, 11) is 0. The smallest absolute Gasteiger partial charge is 0.328 e. The molecule has 2 aromatic heterocycles. The molecule has 0 saturated carbocycles. The van der Waals surface area contributed by atoms with Crippen molar-refractivity contribution in [3.8, 4) is 6.01 Å². The van der Waals surface area contributed by atoms with Gasteiger partial charge < -0.3 is 15.5 Å². The summed E-state index contributed by atoms with van der Waals surface area (Å²) in [5, 5.41) is 3.42.